The van der Waals surface area contributed by atoms with Crippen molar-refractivity contribution < 1.29 is 23.5 Å². The predicted octanol–water partition coefficient (Wildman–Crippen LogP) is 4.79. The molecule has 0 spiro atoms. The molecule has 1 aliphatic heterocycles. The summed E-state index contributed by atoms with van der Waals surface area (Å²) < 4.78 is 10.9. The van der Waals surface area contributed by atoms with Crippen LogP contribution in [0.1, 0.15) is 5.76 Å². The maximum Gasteiger partial charge on any atom is 0.329 e. The first-order valence-corrected chi connectivity index (χ1v) is 10.4. The van der Waals surface area contributed by atoms with Gasteiger partial charge in [0.1, 0.15) is 29.5 Å². The number of imide groups is 1. The van der Waals surface area contributed by atoms with E-state index in [2.05, 4.69) is 10.6 Å². The third-order valence-corrected chi connectivity index (χ3v) is 5.59. The Morgan fingerprint density at radius 1 is 1.12 bits per heavy atom. The van der Waals surface area contributed by atoms with Gasteiger partial charge in [-0.25, -0.2) is 9.69 Å². The first-order chi connectivity index (χ1) is 15.9. The summed E-state index contributed by atoms with van der Waals surface area (Å²) in [7, 11) is 1.47. The van der Waals surface area contributed by atoms with Crippen molar-refractivity contribution in [3.63, 3.8) is 0 Å². The van der Waals surface area contributed by atoms with Crippen LogP contribution in [0.2, 0.25) is 10.0 Å². The first-order valence-electron chi connectivity index (χ1n) is 9.69. The minimum Gasteiger partial charge on any atom is -0.495 e. The van der Waals surface area contributed by atoms with Gasteiger partial charge in [-0.1, -0.05) is 41.4 Å². The number of hydrogen-bond acceptors (Lipinski definition) is 5. The number of furan rings is 1. The lowest BCUT2D eigenvalue weighted by Crippen LogP contribution is -2.38. The number of urea groups is 1. The molecule has 0 bridgehead atoms. The van der Waals surface area contributed by atoms with Crippen LogP contribution in [0.25, 0.3) is 17.4 Å². The molecule has 4 rings (SSSR count). The standard InChI is InChI=1S/C23H17Cl2N3O5/c1-32-19-8-3-2-7-16(19)26-20(29)12-28-22(30)17(27-23(28)31)11-13-9-10-18(33-13)14-5-4-6-15(24)21(14)25/h2-11H,12H2,1H3,(H,26,29)(H,27,31)/b17-11-. The molecule has 10 heteroatoms. The second-order valence-electron chi connectivity index (χ2n) is 6.93. The van der Waals surface area contributed by atoms with E-state index in [1.807, 2.05) is 0 Å². The fourth-order valence-corrected chi connectivity index (χ4v) is 3.60. The topological polar surface area (TPSA) is 101 Å². The van der Waals surface area contributed by atoms with Gasteiger partial charge >= 0.3 is 6.03 Å². The fraction of sp³-hybridized carbons (Fsp3) is 0.0870. The zero-order chi connectivity index (χ0) is 23.5. The third-order valence-electron chi connectivity index (χ3n) is 4.78. The largest absolute Gasteiger partial charge is 0.495 e. The van der Waals surface area contributed by atoms with Gasteiger partial charge in [0, 0.05) is 11.6 Å². The average molecular weight is 486 g/mol. The van der Waals surface area contributed by atoms with Crippen LogP contribution >= 0.6 is 23.2 Å². The molecule has 2 heterocycles. The van der Waals surface area contributed by atoms with Gasteiger partial charge in [-0.2, -0.15) is 0 Å². The number of nitrogens with zero attached hydrogens (tertiary/aromatic N) is 1. The van der Waals surface area contributed by atoms with Gasteiger partial charge in [0.2, 0.25) is 5.91 Å². The second kappa shape index (κ2) is 9.40. The van der Waals surface area contributed by atoms with Crippen LogP contribution in [0.15, 0.2) is 64.7 Å². The maximum atomic E-state index is 12.7. The van der Waals surface area contributed by atoms with E-state index in [-0.39, 0.29) is 5.70 Å². The van der Waals surface area contributed by atoms with E-state index in [1.165, 1.54) is 13.2 Å². The number of carbonyl (C=O) groups is 3. The number of amides is 4. The number of ether oxygens (including phenoxy) is 1. The lowest BCUT2D eigenvalue weighted by atomic mass is 10.2. The fourth-order valence-electron chi connectivity index (χ4n) is 3.21. The van der Waals surface area contributed by atoms with Crippen molar-refractivity contribution in [1.82, 2.24) is 10.2 Å². The summed E-state index contributed by atoms with van der Waals surface area (Å²) in [5.41, 5.74) is 0.990. The Hall–Kier alpha value is -3.75. The average Bonchev–Trinajstić information content (AvgIpc) is 3.36. The lowest BCUT2D eigenvalue weighted by Gasteiger charge is -2.13. The van der Waals surface area contributed by atoms with Gasteiger partial charge < -0.3 is 19.8 Å². The van der Waals surface area contributed by atoms with Crippen LogP contribution in [0.5, 0.6) is 5.75 Å². The van der Waals surface area contributed by atoms with Crippen molar-refractivity contribution in [2.45, 2.75) is 0 Å². The van der Waals surface area contributed by atoms with Crippen molar-refractivity contribution in [2.24, 2.45) is 0 Å². The van der Waals surface area contributed by atoms with Crippen molar-refractivity contribution >= 4 is 52.8 Å². The lowest BCUT2D eigenvalue weighted by molar-refractivity contribution is -0.127. The Kier molecular flexibility index (Phi) is 6.39. The molecule has 33 heavy (non-hydrogen) atoms. The molecular formula is C23H17Cl2N3O5. The number of anilines is 1. The van der Waals surface area contributed by atoms with E-state index in [1.54, 1.807) is 54.6 Å². The summed E-state index contributed by atoms with van der Waals surface area (Å²) in [6.45, 7) is -0.471. The SMILES string of the molecule is COc1ccccc1NC(=O)CN1C(=O)N/C(=C\c2ccc(-c3cccc(Cl)c3Cl)o2)C1=O. The second-order valence-corrected chi connectivity index (χ2v) is 7.72. The summed E-state index contributed by atoms with van der Waals surface area (Å²) in [6, 6.07) is 14.5. The monoisotopic (exact) mass is 485 g/mol. The van der Waals surface area contributed by atoms with Gasteiger partial charge in [0.05, 0.1) is 22.8 Å². The van der Waals surface area contributed by atoms with Gasteiger partial charge in [-0.3, -0.25) is 9.59 Å². The Morgan fingerprint density at radius 3 is 2.70 bits per heavy atom. The van der Waals surface area contributed by atoms with Gasteiger partial charge in [0.25, 0.3) is 5.91 Å². The number of nitrogens with one attached hydrogen (secondary N) is 2. The molecule has 168 valence electrons. The maximum absolute atomic E-state index is 12.7. The van der Waals surface area contributed by atoms with E-state index >= 15 is 0 Å². The molecule has 1 fully saturated rings. The highest BCUT2D eigenvalue weighted by atomic mass is 35.5. The summed E-state index contributed by atoms with van der Waals surface area (Å²) in [5.74, 6) is -0.00436. The molecule has 1 aliphatic rings. The van der Waals surface area contributed by atoms with Crippen LogP contribution in [0.4, 0.5) is 10.5 Å². The molecular weight excluding hydrogens is 469 g/mol. The third kappa shape index (κ3) is 4.72. The van der Waals surface area contributed by atoms with E-state index < -0.39 is 24.4 Å². The van der Waals surface area contributed by atoms with Crippen molar-refractivity contribution in [3.05, 3.63) is 76.1 Å². The van der Waals surface area contributed by atoms with E-state index in [4.69, 9.17) is 32.4 Å². The molecule has 0 radical (unpaired) electrons. The molecule has 0 atom stereocenters. The number of para-hydroxylation sites is 2. The number of rotatable bonds is 6. The molecule has 0 aliphatic carbocycles. The minimum absolute atomic E-state index is 0.0248. The van der Waals surface area contributed by atoms with Crippen molar-refractivity contribution in [1.29, 1.82) is 0 Å². The minimum atomic E-state index is -0.717. The molecule has 1 aromatic heterocycles. The molecule has 0 unspecified atom stereocenters. The van der Waals surface area contributed by atoms with Crippen LogP contribution in [-0.2, 0) is 9.59 Å². The number of benzene rings is 2. The normalized spacial score (nSPS) is 14.5. The predicted molar refractivity (Wildman–Crippen MR) is 124 cm³/mol. The number of carbonyl (C=O) groups excluding carboxylic acids is 3. The van der Waals surface area contributed by atoms with E-state index in [0.717, 1.165) is 4.90 Å². The van der Waals surface area contributed by atoms with Crippen LogP contribution < -0.4 is 15.4 Å². The molecule has 0 saturated carbocycles. The Bertz CT molecular complexity index is 1280. The Labute approximate surface area is 198 Å². The highest BCUT2D eigenvalue weighted by Crippen LogP contribution is 2.34. The number of methoxy groups -OCH3 is 1. The summed E-state index contributed by atoms with van der Waals surface area (Å²) in [5, 5.41) is 5.79. The first kappa shape index (κ1) is 22.4. The van der Waals surface area contributed by atoms with E-state index in [9.17, 15) is 14.4 Å². The van der Waals surface area contributed by atoms with Gasteiger partial charge in [0.15, 0.2) is 0 Å². The zero-order valence-corrected chi connectivity index (χ0v) is 18.7. The van der Waals surface area contributed by atoms with Crippen LogP contribution in [0, 0.1) is 0 Å². The van der Waals surface area contributed by atoms with Gasteiger partial charge in [-0.15, -0.1) is 0 Å². The smallest absolute Gasteiger partial charge is 0.329 e. The molecule has 8 nitrogen and oxygen atoms in total. The summed E-state index contributed by atoms with van der Waals surface area (Å²) in [6.07, 6.45) is 1.38. The van der Waals surface area contributed by atoms with E-state index in [0.29, 0.717) is 38.6 Å². The molecule has 2 aromatic carbocycles. The van der Waals surface area contributed by atoms with Crippen LogP contribution in [0.3, 0.4) is 0 Å². The summed E-state index contributed by atoms with van der Waals surface area (Å²) >= 11 is 12.3. The molecule has 2 N–H and O–H groups in total. The quantitative estimate of drug-likeness (QED) is 0.386. The van der Waals surface area contributed by atoms with Crippen molar-refractivity contribution in [3.8, 4) is 17.1 Å². The zero-order valence-electron chi connectivity index (χ0n) is 17.2. The number of hydrogen-bond donors (Lipinski definition) is 2. The molecule has 1 saturated heterocycles. The molecule has 3 aromatic rings. The highest BCUT2D eigenvalue weighted by molar-refractivity contribution is 6.43. The van der Waals surface area contributed by atoms with Crippen molar-refractivity contribution in [2.75, 3.05) is 19.0 Å². The molecule has 4 amide bonds. The summed E-state index contributed by atoms with van der Waals surface area (Å²) in [4.78, 5) is 38.2. The van der Waals surface area contributed by atoms with Gasteiger partial charge in [-0.05, 0) is 36.4 Å². The number of halogens is 2. The Balaban J connectivity index is 1.47. The Morgan fingerprint density at radius 2 is 1.91 bits per heavy atom. The highest BCUT2D eigenvalue weighted by Gasteiger charge is 2.35. The van der Waals surface area contributed by atoms with Crippen LogP contribution in [-0.4, -0.2) is 36.4 Å².